The fourth-order valence-corrected chi connectivity index (χ4v) is 3.29. The molecule has 0 bridgehead atoms. The van der Waals surface area contributed by atoms with Gasteiger partial charge in [0.2, 0.25) is 0 Å². The molecule has 1 aliphatic rings. The minimum atomic E-state index is -0.256. The molecule has 6 nitrogen and oxygen atoms in total. The minimum Gasteiger partial charge on any atom is -0.484 e. The number of fused-ring (bicyclic) bond motifs is 2. The van der Waals surface area contributed by atoms with E-state index in [0.29, 0.717) is 5.82 Å². The van der Waals surface area contributed by atoms with Crippen molar-refractivity contribution in [1.29, 1.82) is 0 Å². The molecule has 0 saturated heterocycles. The van der Waals surface area contributed by atoms with Crippen LogP contribution in [0.25, 0.3) is 5.65 Å². The standard InChI is InChI=1S/C19H20N4O2/c1-13(19-22-21-17-7-2-3-10-23(17)19)20-18(24)12-25-16-9-8-14-5-4-6-15(14)11-16/h2-3,7-11,13H,4-6,12H2,1H3,(H,20,24). The number of benzene rings is 1. The van der Waals surface area contributed by atoms with Crippen LogP contribution in [0, 0.1) is 0 Å². The summed E-state index contributed by atoms with van der Waals surface area (Å²) >= 11 is 0. The molecule has 0 fully saturated rings. The first kappa shape index (κ1) is 15.6. The molecule has 2 heterocycles. The first-order valence-electron chi connectivity index (χ1n) is 8.54. The summed E-state index contributed by atoms with van der Waals surface area (Å²) in [7, 11) is 0. The Hall–Kier alpha value is -2.89. The Morgan fingerprint density at radius 1 is 1.24 bits per heavy atom. The Kier molecular flexibility index (Phi) is 4.09. The third kappa shape index (κ3) is 3.20. The highest BCUT2D eigenvalue weighted by Gasteiger charge is 2.16. The average Bonchev–Trinajstić information content (AvgIpc) is 3.26. The molecular formula is C19H20N4O2. The molecule has 1 unspecified atom stereocenters. The van der Waals surface area contributed by atoms with Gasteiger partial charge >= 0.3 is 0 Å². The fourth-order valence-electron chi connectivity index (χ4n) is 3.29. The van der Waals surface area contributed by atoms with Gasteiger partial charge in [-0.15, -0.1) is 10.2 Å². The van der Waals surface area contributed by atoms with Crippen molar-refractivity contribution < 1.29 is 9.53 Å². The highest BCUT2D eigenvalue weighted by molar-refractivity contribution is 5.77. The van der Waals surface area contributed by atoms with Crippen molar-refractivity contribution in [1.82, 2.24) is 19.9 Å². The maximum absolute atomic E-state index is 12.2. The van der Waals surface area contributed by atoms with Crippen molar-refractivity contribution >= 4 is 11.6 Å². The number of aromatic nitrogens is 3. The van der Waals surface area contributed by atoms with E-state index in [9.17, 15) is 4.79 Å². The van der Waals surface area contributed by atoms with E-state index in [2.05, 4.69) is 21.6 Å². The normalized spacial score (nSPS) is 14.3. The van der Waals surface area contributed by atoms with E-state index in [4.69, 9.17) is 4.74 Å². The van der Waals surface area contributed by atoms with Crippen molar-refractivity contribution in [3.05, 3.63) is 59.5 Å². The van der Waals surface area contributed by atoms with Crippen molar-refractivity contribution in [3.63, 3.8) is 0 Å². The molecule has 25 heavy (non-hydrogen) atoms. The van der Waals surface area contributed by atoms with Crippen molar-refractivity contribution in [2.24, 2.45) is 0 Å². The van der Waals surface area contributed by atoms with Gasteiger partial charge in [-0.3, -0.25) is 9.20 Å². The molecule has 128 valence electrons. The van der Waals surface area contributed by atoms with Gasteiger partial charge in [-0.1, -0.05) is 12.1 Å². The Balaban J connectivity index is 1.37. The van der Waals surface area contributed by atoms with Crippen molar-refractivity contribution in [3.8, 4) is 5.75 Å². The minimum absolute atomic E-state index is 0.0140. The number of amides is 1. The van der Waals surface area contributed by atoms with E-state index in [1.54, 1.807) is 0 Å². The molecule has 2 aromatic heterocycles. The maximum Gasteiger partial charge on any atom is 0.258 e. The largest absolute Gasteiger partial charge is 0.484 e. The number of rotatable bonds is 5. The highest BCUT2D eigenvalue weighted by atomic mass is 16.5. The van der Waals surface area contributed by atoms with E-state index in [0.717, 1.165) is 24.2 Å². The summed E-state index contributed by atoms with van der Waals surface area (Å²) in [5, 5.41) is 11.2. The van der Waals surface area contributed by atoms with Crippen LogP contribution in [0.5, 0.6) is 5.75 Å². The number of carbonyl (C=O) groups is 1. The zero-order valence-electron chi connectivity index (χ0n) is 14.1. The molecule has 1 aromatic carbocycles. The molecular weight excluding hydrogens is 316 g/mol. The molecule has 0 aliphatic heterocycles. The summed E-state index contributed by atoms with van der Waals surface area (Å²) in [6.07, 6.45) is 5.31. The molecule has 1 N–H and O–H groups in total. The van der Waals surface area contributed by atoms with Crippen LogP contribution >= 0.6 is 0 Å². The van der Waals surface area contributed by atoms with Gasteiger partial charge in [0.25, 0.3) is 5.91 Å². The second kappa shape index (κ2) is 6.55. The van der Waals surface area contributed by atoms with Gasteiger partial charge in [0.1, 0.15) is 5.75 Å². The van der Waals surface area contributed by atoms with Crippen LogP contribution in [-0.4, -0.2) is 27.1 Å². The van der Waals surface area contributed by atoms with E-state index in [1.807, 2.05) is 47.9 Å². The third-order valence-corrected chi connectivity index (χ3v) is 4.54. The number of pyridine rings is 1. The molecule has 1 amide bonds. The van der Waals surface area contributed by atoms with Gasteiger partial charge in [-0.25, -0.2) is 0 Å². The number of hydrogen-bond donors (Lipinski definition) is 1. The second-order valence-corrected chi connectivity index (χ2v) is 6.35. The summed E-state index contributed by atoms with van der Waals surface area (Å²) in [5.41, 5.74) is 3.48. The third-order valence-electron chi connectivity index (χ3n) is 4.54. The molecule has 4 rings (SSSR count). The lowest BCUT2D eigenvalue weighted by Crippen LogP contribution is -2.32. The van der Waals surface area contributed by atoms with Gasteiger partial charge in [-0.05, 0) is 61.6 Å². The van der Waals surface area contributed by atoms with Gasteiger partial charge in [0, 0.05) is 6.20 Å². The van der Waals surface area contributed by atoms with Crippen LogP contribution in [-0.2, 0) is 17.6 Å². The SMILES string of the molecule is CC(NC(=O)COc1ccc2c(c1)CCC2)c1nnc2ccccn12. The van der Waals surface area contributed by atoms with Gasteiger partial charge in [0.15, 0.2) is 18.1 Å². The second-order valence-electron chi connectivity index (χ2n) is 6.35. The van der Waals surface area contributed by atoms with E-state index in [1.165, 1.54) is 17.5 Å². The number of aryl methyl sites for hydroxylation is 2. The topological polar surface area (TPSA) is 68.5 Å². The molecule has 1 aliphatic carbocycles. The lowest BCUT2D eigenvalue weighted by molar-refractivity contribution is -0.123. The first-order valence-corrected chi connectivity index (χ1v) is 8.54. The van der Waals surface area contributed by atoms with E-state index < -0.39 is 0 Å². The first-order chi connectivity index (χ1) is 12.2. The quantitative estimate of drug-likeness (QED) is 0.777. The summed E-state index contributed by atoms with van der Waals surface area (Å²) < 4.78 is 7.51. The number of nitrogens with one attached hydrogen (secondary N) is 1. The number of nitrogens with zero attached hydrogens (tertiary/aromatic N) is 3. The summed E-state index contributed by atoms with van der Waals surface area (Å²) in [6, 6.07) is 11.5. The molecule has 1 atom stereocenters. The lowest BCUT2D eigenvalue weighted by atomic mass is 10.1. The zero-order chi connectivity index (χ0) is 17.2. The molecule has 0 saturated carbocycles. The lowest BCUT2D eigenvalue weighted by Gasteiger charge is -2.13. The van der Waals surface area contributed by atoms with Gasteiger partial charge in [-0.2, -0.15) is 0 Å². The predicted molar refractivity (Wildman–Crippen MR) is 93.5 cm³/mol. The zero-order valence-corrected chi connectivity index (χ0v) is 14.1. The molecule has 6 heteroatoms. The van der Waals surface area contributed by atoms with Crippen LogP contribution < -0.4 is 10.1 Å². The summed E-state index contributed by atoms with van der Waals surface area (Å²) in [4.78, 5) is 12.2. The summed E-state index contributed by atoms with van der Waals surface area (Å²) in [5.74, 6) is 1.26. The average molecular weight is 336 g/mol. The van der Waals surface area contributed by atoms with Gasteiger partial charge < -0.3 is 10.1 Å². The van der Waals surface area contributed by atoms with Crippen molar-refractivity contribution in [2.45, 2.75) is 32.2 Å². The van der Waals surface area contributed by atoms with Crippen LogP contribution in [0.2, 0.25) is 0 Å². The van der Waals surface area contributed by atoms with E-state index in [-0.39, 0.29) is 18.6 Å². The highest BCUT2D eigenvalue weighted by Crippen LogP contribution is 2.26. The molecule has 0 spiro atoms. The Bertz CT molecular complexity index is 919. The Morgan fingerprint density at radius 3 is 3.04 bits per heavy atom. The fraction of sp³-hybridized carbons (Fsp3) is 0.316. The smallest absolute Gasteiger partial charge is 0.258 e. The van der Waals surface area contributed by atoms with Crippen LogP contribution in [0.4, 0.5) is 0 Å². The maximum atomic E-state index is 12.2. The number of ether oxygens (including phenoxy) is 1. The Labute approximate surface area is 145 Å². The Morgan fingerprint density at radius 2 is 2.12 bits per heavy atom. The van der Waals surface area contributed by atoms with Gasteiger partial charge in [0.05, 0.1) is 6.04 Å². The number of hydrogen-bond acceptors (Lipinski definition) is 4. The van der Waals surface area contributed by atoms with Crippen LogP contribution in [0.15, 0.2) is 42.6 Å². The molecule has 0 radical (unpaired) electrons. The number of carbonyl (C=O) groups excluding carboxylic acids is 1. The van der Waals surface area contributed by atoms with Crippen LogP contribution in [0.1, 0.15) is 36.3 Å². The molecule has 3 aromatic rings. The monoisotopic (exact) mass is 336 g/mol. The van der Waals surface area contributed by atoms with E-state index >= 15 is 0 Å². The van der Waals surface area contributed by atoms with Crippen molar-refractivity contribution in [2.75, 3.05) is 6.61 Å². The summed E-state index contributed by atoms with van der Waals surface area (Å²) in [6.45, 7) is 1.87. The predicted octanol–water partition coefficient (Wildman–Crippen LogP) is 2.47. The van der Waals surface area contributed by atoms with Crippen LogP contribution in [0.3, 0.4) is 0 Å².